The van der Waals surface area contributed by atoms with Gasteiger partial charge >= 0.3 is 6.18 Å². The summed E-state index contributed by atoms with van der Waals surface area (Å²) in [6, 6.07) is 6.38. The van der Waals surface area contributed by atoms with E-state index in [0.29, 0.717) is 4.88 Å². The van der Waals surface area contributed by atoms with Crippen LogP contribution in [0.2, 0.25) is 0 Å². The van der Waals surface area contributed by atoms with Gasteiger partial charge in [-0.1, -0.05) is 23.5 Å². The van der Waals surface area contributed by atoms with E-state index in [1.807, 2.05) is 0 Å². The monoisotopic (exact) mass is 384 g/mol. The Balaban J connectivity index is 1.86. The largest absolute Gasteiger partial charge is 0.435 e. The van der Waals surface area contributed by atoms with Crippen LogP contribution in [0.4, 0.5) is 22.7 Å². The number of nitrogens with one attached hydrogen (secondary N) is 1. The average Bonchev–Trinajstić information content (AvgIpc) is 3.20. The minimum absolute atomic E-state index is 0.144. The van der Waals surface area contributed by atoms with Crippen molar-refractivity contribution < 1.29 is 22.4 Å². The van der Waals surface area contributed by atoms with Crippen molar-refractivity contribution in [3.05, 3.63) is 53.6 Å². The zero-order valence-corrected chi connectivity index (χ0v) is 14.2. The molecule has 5 nitrogen and oxygen atoms in total. The molecule has 0 fully saturated rings. The molecule has 10 heteroatoms. The summed E-state index contributed by atoms with van der Waals surface area (Å²) < 4.78 is 53.4. The molecule has 0 spiro atoms. The van der Waals surface area contributed by atoms with Crippen LogP contribution in [0.3, 0.4) is 0 Å². The summed E-state index contributed by atoms with van der Waals surface area (Å²) in [4.78, 5) is 16.5. The zero-order valence-electron chi connectivity index (χ0n) is 13.3. The third-order valence-electron chi connectivity index (χ3n) is 3.47. The molecule has 1 amide bonds. The van der Waals surface area contributed by atoms with E-state index in [1.54, 1.807) is 6.92 Å². The smallest absolute Gasteiger partial charge is 0.298 e. The van der Waals surface area contributed by atoms with Crippen molar-refractivity contribution in [2.45, 2.75) is 19.6 Å². The molecule has 2 aromatic heterocycles. The Kier molecular flexibility index (Phi) is 4.77. The number of halogens is 4. The van der Waals surface area contributed by atoms with Crippen LogP contribution in [-0.2, 0) is 12.7 Å². The molecule has 3 aromatic rings. The van der Waals surface area contributed by atoms with Crippen LogP contribution in [0.25, 0.3) is 10.6 Å². The first-order chi connectivity index (χ1) is 12.3. The Morgan fingerprint density at radius 3 is 2.69 bits per heavy atom. The molecular formula is C16H12F4N4OS. The highest BCUT2D eigenvalue weighted by atomic mass is 32.1. The van der Waals surface area contributed by atoms with Crippen LogP contribution in [0.5, 0.6) is 0 Å². The maximum Gasteiger partial charge on any atom is 0.435 e. The number of rotatable bonds is 4. The summed E-state index contributed by atoms with van der Waals surface area (Å²) >= 11 is 0.975. The fourth-order valence-electron chi connectivity index (χ4n) is 2.25. The molecule has 3 rings (SSSR count). The first-order valence-corrected chi connectivity index (χ1v) is 8.28. The lowest BCUT2D eigenvalue weighted by molar-refractivity contribution is -0.141. The maximum atomic E-state index is 13.6. The SMILES string of the molecule is CCn1nc(C(F)(F)F)cc1-c1cnc(NC(=O)c2ccccc2F)s1. The normalized spacial score (nSPS) is 11.6. The number of hydrogen-bond acceptors (Lipinski definition) is 4. The van der Waals surface area contributed by atoms with E-state index in [2.05, 4.69) is 15.4 Å². The summed E-state index contributed by atoms with van der Waals surface area (Å²) in [5.41, 5.74) is -0.911. The molecule has 26 heavy (non-hydrogen) atoms. The molecule has 0 unspecified atom stereocenters. The molecule has 1 N–H and O–H groups in total. The predicted octanol–water partition coefficient (Wildman–Crippen LogP) is 4.44. The number of hydrogen-bond donors (Lipinski definition) is 1. The van der Waals surface area contributed by atoms with Crippen molar-refractivity contribution in [2.75, 3.05) is 5.32 Å². The molecule has 0 aliphatic carbocycles. The number of anilines is 1. The molecular weight excluding hydrogens is 372 g/mol. The number of amides is 1. The number of alkyl halides is 3. The van der Waals surface area contributed by atoms with Crippen molar-refractivity contribution >= 4 is 22.4 Å². The van der Waals surface area contributed by atoms with Gasteiger partial charge in [-0.25, -0.2) is 9.37 Å². The number of aryl methyl sites for hydroxylation is 1. The van der Waals surface area contributed by atoms with E-state index in [1.165, 1.54) is 29.1 Å². The first-order valence-electron chi connectivity index (χ1n) is 7.46. The van der Waals surface area contributed by atoms with Crippen LogP contribution >= 0.6 is 11.3 Å². The topological polar surface area (TPSA) is 59.8 Å². The molecule has 0 saturated carbocycles. The molecule has 0 aliphatic rings. The van der Waals surface area contributed by atoms with Gasteiger partial charge in [-0.05, 0) is 25.1 Å². The Hall–Kier alpha value is -2.75. The summed E-state index contributed by atoms with van der Waals surface area (Å²) in [5, 5.41) is 6.12. The highest BCUT2D eigenvalue weighted by Gasteiger charge is 2.35. The van der Waals surface area contributed by atoms with Gasteiger partial charge in [0.2, 0.25) is 0 Å². The Bertz CT molecular complexity index is 948. The van der Waals surface area contributed by atoms with Crippen LogP contribution < -0.4 is 5.32 Å². The Labute approximate surface area is 149 Å². The second kappa shape index (κ2) is 6.87. The Morgan fingerprint density at radius 2 is 2.04 bits per heavy atom. The maximum absolute atomic E-state index is 13.6. The molecule has 1 aromatic carbocycles. The fraction of sp³-hybridized carbons (Fsp3) is 0.188. The highest BCUT2D eigenvalue weighted by molar-refractivity contribution is 7.19. The second-order valence-corrected chi connectivity index (χ2v) is 6.22. The van der Waals surface area contributed by atoms with Gasteiger partial charge in [0.25, 0.3) is 5.91 Å². The van der Waals surface area contributed by atoms with Crippen molar-refractivity contribution in [1.29, 1.82) is 0 Å². The number of aromatic nitrogens is 3. The third-order valence-corrected chi connectivity index (χ3v) is 4.40. The highest BCUT2D eigenvalue weighted by Crippen LogP contribution is 2.34. The third kappa shape index (κ3) is 3.59. The second-order valence-electron chi connectivity index (χ2n) is 5.19. The van der Waals surface area contributed by atoms with Crippen molar-refractivity contribution in [2.24, 2.45) is 0 Å². The summed E-state index contributed by atoms with van der Waals surface area (Å²) in [6.45, 7) is 1.90. The number of benzene rings is 1. The molecule has 0 saturated heterocycles. The zero-order chi connectivity index (χ0) is 18.9. The summed E-state index contributed by atoms with van der Waals surface area (Å²) in [5.74, 6) is -1.37. The van der Waals surface area contributed by atoms with Gasteiger partial charge in [-0.15, -0.1) is 0 Å². The molecule has 136 valence electrons. The number of thiazole rings is 1. The van der Waals surface area contributed by atoms with Crippen molar-refractivity contribution in [3.63, 3.8) is 0 Å². The van der Waals surface area contributed by atoms with E-state index in [9.17, 15) is 22.4 Å². The lowest BCUT2D eigenvalue weighted by Crippen LogP contribution is -2.13. The fourth-order valence-corrected chi connectivity index (χ4v) is 3.09. The number of carbonyl (C=O) groups excluding carboxylic acids is 1. The predicted molar refractivity (Wildman–Crippen MR) is 88.4 cm³/mol. The summed E-state index contributed by atoms with van der Waals surface area (Å²) in [7, 11) is 0. The van der Waals surface area contributed by atoms with Crippen molar-refractivity contribution in [3.8, 4) is 10.6 Å². The van der Waals surface area contributed by atoms with Gasteiger partial charge < -0.3 is 0 Å². The average molecular weight is 384 g/mol. The van der Waals surface area contributed by atoms with E-state index in [4.69, 9.17) is 0 Å². The number of carbonyl (C=O) groups is 1. The standard InChI is InChI=1S/C16H12F4N4OS/c1-2-24-11(7-13(23-24)16(18,19)20)12-8-21-15(26-12)22-14(25)9-5-3-4-6-10(9)17/h3-8H,2H2,1H3,(H,21,22,25). The van der Waals surface area contributed by atoms with Gasteiger partial charge in [0.15, 0.2) is 10.8 Å². The minimum Gasteiger partial charge on any atom is -0.298 e. The Morgan fingerprint density at radius 1 is 1.31 bits per heavy atom. The number of nitrogens with zero attached hydrogens (tertiary/aromatic N) is 3. The molecule has 2 heterocycles. The van der Waals surface area contributed by atoms with Gasteiger partial charge in [0.1, 0.15) is 5.82 Å². The quantitative estimate of drug-likeness (QED) is 0.677. The lowest BCUT2D eigenvalue weighted by Gasteiger charge is -2.02. The van der Waals surface area contributed by atoms with Crippen LogP contribution in [0.1, 0.15) is 23.0 Å². The van der Waals surface area contributed by atoms with Gasteiger partial charge in [-0.3, -0.25) is 14.8 Å². The lowest BCUT2D eigenvalue weighted by atomic mass is 10.2. The summed E-state index contributed by atoms with van der Waals surface area (Å²) in [6.07, 6.45) is -3.22. The van der Waals surface area contributed by atoms with Gasteiger partial charge in [0, 0.05) is 12.7 Å². The van der Waals surface area contributed by atoms with E-state index in [0.717, 1.165) is 23.5 Å². The van der Waals surface area contributed by atoms with Gasteiger partial charge in [0.05, 0.1) is 16.1 Å². The molecule has 0 radical (unpaired) electrons. The van der Waals surface area contributed by atoms with E-state index in [-0.39, 0.29) is 22.9 Å². The van der Waals surface area contributed by atoms with Crippen molar-refractivity contribution in [1.82, 2.24) is 14.8 Å². The minimum atomic E-state index is -4.55. The van der Waals surface area contributed by atoms with E-state index < -0.39 is 23.6 Å². The van der Waals surface area contributed by atoms with Crippen LogP contribution in [0.15, 0.2) is 36.5 Å². The van der Waals surface area contributed by atoms with E-state index >= 15 is 0 Å². The first kappa shape index (κ1) is 18.1. The molecule has 0 bridgehead atoms. The van der Waals surface area contributed by atoms with Gasteiger partial charge in [-0.2, -0.15) is 18.3 Å². The molecule has 0 aliphatic heterocycles. The van der Waals surface area contributed by atoms with Crippen LogP contribution in [0, 0.1) is 5.82 Å². The molecule has 0 atom stereocenters. The van der Waals surface area contributed by atoms with Crippen LogP contribution in [-0.4, -0.2) is 20.7 Å².